The van der Waals surface area contributed by atoms with E-state index in [1.54, 1.807) is 0 Å². The van der Waals surface area contributed by atoms with Gasteiger partial charge in [-0.1, -0.05) is 28.1 Å². The van der Waals surface area contributed by atoms with Crippen molar-refractivity contribution in [3.63, 3.8) is 0 Å². The van der Waals surface area contributed by atoms with Crippen LogP contribution < -0.4 is 0 Å². The van der Waals surface area contributed by atoms with Gasteiger partial charge in [0.25, 0.3) is 0 Å². The van der Waals surface area contributed by atoms with Crippen molar-refractivity contribution in [2.75, 3.05) is 18.8 Å². The minimum Gasteiger partial charge on any atom is -0.444 e. The number of thioether (sulfide) groups is 1. The minimum atomic E-state index is -0.411. The first-order valence-corrected chi connectivity index (χ1v) is 9.77. The topological polar surface area (TPSA) is 29.5 Å². The molecule has 1 unspecified atom stereocenters. The zero-order valence-corrected chi connectivity index (χ0v) is 16.1. The lowest BCUT2D eigenvalue weighted by atomic mass is 10.0. The van der Waals surface area contributed by atoms with Crippen LogP contribution in [0.5, 0.6) is 0 Å². The van der Waals surface area contributed by atoms with E-state index in [1.807, 2.05) is 37.4 Å². The van der Waals surface area contributed by atoms with E-state index in [0.717, 1.165) is 38.1 Å². The van der Waals surface area contributed by atoms with Crippen LogP contribution in [-0.2, 0) is 4.74 Å². The number of carbonyl (C=O) groups is 1. The Labute approximate surface area is 146 Å². The summed E-state index contributed by atoms with van der Waals surface area (Å²) in [5, 5.41) is 0. The summed E-state index contributed by atoms with van der Waals surface area (Å²) >= 11 is 5.49. The number of likely N-dealkylation sites (tertiary alicyclic amines) is 1. The van der Waals surface area contributed by atoms with Crippen LogP contribution >= 0.6 is 27.7 Å². The van der Waals surface area contributed by atoms with Crippen LogP contribution in [0.2, 0.25) is 0 Å². The fourth-order valence-electron chi connectivity index (χ4n) is 2.63. The Morgan fingerprint density at radius 3 is 2.82 bits per heavy atom. The summed E-state index contributed by atoms with van der Waals surface area (Å²) in [5.41, 5.74) is -0.411. The first-order valence-electron chi connectivity index (χ1n) is 7.99. The third-order valence-electron chi connectivity index (χ3n) is 3.74. The van der Waals surface area contributed by atoms with E-state index < -0.39 is 5.60 Å². The van der Waals surface area contributed by atoms with Crippen LogP contribution in [0.4, 0.5) is 4.79 Å². The molecule has 1 amide bonds. The fourth-order valence-corrected chi connectivity index (χ4v) is 4.09. The molecular formula is C17H26BrNO2S. The summed E-state index contributed by atoms with van der Waals surface area (Å²) in [5.74, 6) is 1.66. The molecule has 1 heterocycles. The van der Waals surface area contributed by atoms with Crippen LogP contribution in [-0.4, -0.2) is 35.4 Å². The molecule has 0 aromatic rings. The first-order chi connectivity index (χ1) is 10.3. The minimum absolute atomic E-state index is 0.161. The molecule has 1 aliphatic heterocycles. The van der Waals surface area contributed by atoms with Gasteiger partial charge in [-0.15, -0.1) is 11.8 Å². The number of halogens is 1. The molecule has 0 bridgehead atoms. The SMILES string of the molecule is CC(C)(C)OC(=O)N1CCCC(CSC2=CC=C(Br)CC2)C1. The molecule has 2 aliphatic rings. The Balaban J connectivity index is 1.80. The van der Waals surface area contributed by atoms with E-state index in [4.69, 9.17) is 4.74 Å². The summed E-state index contributed by atoms with van der Waals surface area (Å²) < 4.78 is 6.77. The first kappa shape index (κ1) is 17.9. The van der Waals surface area contributed by atoms with Crippen molar-refractivity contribution in [3.8, 4) is 0 Å². The van der Waals surface area contributed by atoms with E-state index in [9.17, 15) is 4.79 Å². The van der Waals surface area contributed by atoms with Crippen LogP contribution in [0.25, 0.3) is 0 Å². The van der Waals surface area contributed by atoms with Crippen molar-refractivity contribution in [1.29, 1.82) is 0 Å². The van der Waals surface area contributed by atoms with E-state index in [-0.39, 0.29) is 6.09 Å². The lowest BCUT2D eigenvalue weighted by molar-refractivity contribution is 0.0177. The highest BCUT2D eigenvalue weighted by molar-refractivity contribution is 9.11. The van der Waals surface area contributed by atoms with Crippen LogP contribution in [0.15, 0.2) is 21.5 Å². The maximum Gasteiger partial charge on any atom is 0.410 e. The normalized spacial score (nSPS) is 22.9. The quantitative estimate of drug-likeness (QED) is 0.655. The number of hydrogen-bond donors (Lipinski definition) is 0. The molecule has 124 valence electrons. The van der Waals surface area contributed by atoms with Crippen molar-refractivity contribution in [1.82, 2.24) is 4.90 Å². The second kappa shape index (κ2) is 7.91. The third kappa shape index (κ3) is 5.99. The average Bonchev–Trinajstić information content (AvgIpc) is 2.45. The number of ether oxygens (including phenoxy) is 1. The molecule has 5 heteroatoms. The number of amides is 1. The van der Waals surface area contributed by atoms with E-state index in [2.05, 4.69) is 28.1 Å². The molecule has 0 aromatic heterocycles. The highest BCUT2D eigenvalue weighted by atomic mass is 79.9. The van der Waals surface area contributed by atoms with Gasteiger partial charge >= 0.3 is 6.09 Å². The second-order valence-corrected chi connectivity index (χ2v) is 9.16. The predicted octanol–water partition coefficient (Wildman–Crippen LogP) is 5.32. The summed E-state index contributed by atoms with van der Waals surface area (Å²) in [6.07, 6.45) is 8.73. The Hall–Kier alpha value is -0.420. The molecule has 2 rings (SSSR count). The lowest BCUT2D eigenvalue weighted by Gasteiger charge is -2.34. The van der Waals surface area contributed by atoms with Crippen LogP contribution in [0, 0.1) is 5.92 Å². The van der Waals surface area contributed by atoms with Gasteiger partial charge in [-0.25, -0.2) is 4.79 Å². The largest absolute Gasteiger partial charge is 0.444 e. The molecule has 3 nitrogen and oxygen atoms in total. The molecule has 0 N–H and O–H groups in total. The van der Waals surface area contributed by atoms with Gasteiger partial charge < -0.3 is 9.64 Å². The average molecular weight is 388 g/mol. The van der Waals surface area contributed by atoms with E-state index in [1.165, 1.54) is 15.8 Å². The van der Waals surface area contributed by atoms with Gasteiger partial charge in [-0.05, 0) is 61.8 Å². The second-order valence-electron chi connectivity index (χ2n) is 6.99. The summed E-state index contributed by atoms with van der Waals surface area (Å²) in [6, 6.07) is 0. The van der Waals surface area contributed by atoms with Crippen molar-refractivity contribution in [2.45, 2.75) is 52.1 Å². The molecule has 0 spiro atoms. The highest BCUT2D eigenvalue weighted by Gasteiger charge is 2.27. The maximum atomic E-state index is 12.2. The van der Waals surface area contributed by atoms with Crippen molar-refractivity contribution in [2.24, 2.45) is 5.92 Å². The van der Waals surface area contributed by atoms with Crippen molar-refractivity contribution in [3.05, 3.63) is 21.5 Å². The number of allylic oxidation sites excluding steroid dienone is 4. The van der Waals surface area contributed by atoms with Gasteiger partial charge in [-0.3, -0.25) is 0 Å². The molecule has 22 heavy (non-hydrogen) atoms. The Morgan fingerprint density at radius 1 is 1.41 bits per heavy atom. The van der Waals surface area contributed by atoms with Gasteiger partial charge in [0.1, 0.15) is 5.60 Å². The number of hydrogen-bond acceptors (Lipinski definition) is 3. The summed E-state index contributed by atoms with van der Waals surface area (Å²) in [7, 11) is 0. The van der Waals surface area contributed by atoms with E-state index in [0.29, 0.717) is 5.92 Å². The van der Waals surface area contributed by atoms with Gasteiger partial charge in [0, 0.05) is 18.8 Å². The monoisotopic (exact) mass is 387 g/mol. The summed E-state index contributed by atoms with van der Waals surface area (Å²) in [6.45, 7) is 7.42. The Kier molecular flexibility index (Phi) is 6.45. The molecule has 1 atom stereocenters. The molecule has 0 aromatic carbocycles. The highest BCUT2D eigenvalue weighted by Crippen LogP contribution is 2.32. The van der Waals surface area contributed by atoms with Crippen molar-refractivity contribution >= 4 is 33.8 Å². The van der Waals surface area contributed by atoms with E-state index >= 15 is 0 Å². The van der Waals surface area contributed by atoms with Gasteiger partial charge in [0.2, 0.25) is 0 Å². The van der Waals surface area contributed by atoms with Crippen LogP contribution in [0.1, 0.15) is 46.5 Å². The Morgan fingerprint density at radius 2 is 2.18 bits per heavy atom. The maximum absolute atomic E-state index is 12.2. The summed E-state index contributed by atoms with van der Waals surface area (Å²) in [4.78, 5) is 15.5. The van der Waals surface area contributed by atoms with Gasteiger partial charge in [0.05, 0.1) is 0 Å². The third-order valence-corrected chi connectivity index (χ3v) is 5.75. The van der Waals surface area contributed by atoms with Crippen LogP contribution in [0.3, 0.4) is 0 Å². The Bertz CT molecular complexity index is 468. The molecule has 1 aliphatic carbocycles. The molecule has 1 saturated heterocycles. The standard InChI is InChI=1S/C17H26BrNO2S/c1-17(2,3)21-16(20)19-10-4-5-13(11-19)12-22-15-8-6-14(18)7-9-15/h6,8,13H,4-5,7,9-12H2,1-3H3. The molecule has 0 saturated carbocycles. The lowest BCUT2D eigenvalue weighted by Crippen LogP contribution is -2.43. The molecular weight excluding hydrogens is 362 g/mol. The smallest absolute Gasteiger partial charge is 0.410 e. The number of nitrogens with zero attached hydrogens (tertiary/aromatic N) is 1. The fraction of sp³-hybridized carbons (Fsp3) is 0.706. The zero-order chi connectivity index (χ0) is 16.2. The molecule has 1 fully saturated rings. The molecule has 0 radical (unpaired) electrons. The zero-order valence-electron chi connectivity index (χ0n) is 13.7. The number of rotatable bonds is 3. The number of piperidine rings is 1. The number of carbonyl (C=O) groups excluding carboxylic acids is 1. The van der Waals surface area contributed by atoms with Gasteiger partial charge in [-0.2, -0.15) is 0 Å². The van der Waals surface area contributed by atoms with Crippen molar-refractivity contribution < 1.29 is 9.53 Å². The van der Waals surface area contributed by atoms with Gasteiger partial charge in [0.15, 0.2) is 0 Å². The predicted molar refractivity (Wildman–Crippen MR) is 97.3 cm³/mol.